The van der Waals surface area contributed by atoms with Gasteiger partial charge in [-0.05, 0) is 12.8 Å². The van der Waals surface area contributed by atoms with Gasteiger partial charge in [-0.25, -0.2) is 0 Å². The summed E-state index contributed by atoms with van der Waals surface area (Å²) < 4.78 is 2.10. The van der Waals surface area contributed by atoms with E-state index in [4.69, 9.17) is 0 Å². The lowest BCUT2D eigenvalue weighted by molar-refractivity contribution is 0.651. The highest BCUT2D eigenvalue weighted by atomic mass is 79.9. The number of halogens is 1. The van der Waals surface area contributed by atoms with Crippen molar-refractivity contribution in [3.8, 4) is 0 Å². The molecule has 1 fully saturated rings. The lowest BCUT2D eigenvalue weighted by Crippen LogP contribution is -2.09. The summed E-state index contributed by atoms with van der Waals surface area (Å²) in [5.74, 6) is 2.15. The van der Waals surface area contributed by atoms with E-state index in [1.165, 1.54) is 12.8 Å². The van der Waals surface area contributed by atoms with Crippen LogP contribution in [0, 0.1) is 0 Å². The maximum absolute atomic E-state index is 4.20. The molecule has 3 nitrogen and oxygen atoms in total. The molecule has 0 N–H and O–H groups in total. The highest BCUT2D eigenvalue weighted by Gasteiger charge is 2.43. The standard InChI is InChI=1S/C8H12BrN3/c1-8(3-4-8)7-11-10-6(5-9)12(7)2/h3-5H2,1-2H3. The van der Waals surface area contributed by atoms with Crippen LogP contribution in [0.2, 0.25) is 0 Å². The van der Waals surface area contributed by atoms with Crippen molar-refractivity contribution in [2.24, 2.45) is 7.05 Å². The van der Waals surface area contributed by atoms with Gasteiger partial charge in [-0.3, -0.25) is 0 Å². The molecule has 0 amide bonds. The average molecular weight is 230 g/mol. The average Bonchev–Trinajstić information content (AvgIpc) is 2.65. The van der Waals surface area contributed by atoms with E-state index in [9.17, 15) is 0 Å². The number of rotatable bonds is 2. The molecule has 0 bridgehead atoms. The molecule has 0 atom stereocenters. The zero-order valence-electron chi connectivity index (χ0n) is 7.34. The van der Waals surface area contributed by atoms with Crippen LogP contribution >= 0.6 is 15.9 Å². The fraction of sp³-hybridized carbons (Fsp3) is 0.750. The molecular weight excluding hydrogens is 218 g/mol. The van der Waals surface area contributed by atoms with Gasteiger partial charge >= 0.3 is 0 Å². The molecule has 12 heavy (non-hydrogen) atoms. The third-order valence-corrected chi connectivity index (χ3v) is 3.13. The summed E-state index contributed by atoms with van der Waals surface area (Å²) in [7, 11) is 2.04. The Balaban J connectivity index is 2.39. The molecule has 1 aromatic rings. The minimum atomic E-state index is 0.322. The Morgan fingerprint density at radius 2 is 2.17 bits per heavy atom. The fourth-order valence-electron chi connectivity index (χ4n) is 1.41. The van der Waals surface area contributed by atoms with Crippen LogP contribution in [0.1, 0.15) is 31.4 Å². The van der Waals surface area contributed by atoms with Gasteiger partial charge in [-0.15, -0.1) is 10.2 Å². The van der Waals surface area contributed by atoms with Crippen molar-refractivity contribution in [2.75, 3.05) is 0 Å². The van der Waals surface area contributed by atoms with Crippen molar-refractivity contribution >= 4 is 15.9 Å². The van der Waals surface area contributed by atoms with Crippen molar-refractivity contribution in [3.05, 3.63) is 11.6 Å². The Hall–Kier alpha value is -0.380. The highest BCUT2D eigenvalue weighted by molar-refractivity contribution is 9.08. The summed E-state index contributed by atoms with van der Waals surface area (Å²) in [5, 5.41) is 9.09. The molecule has 1 heterocycles. The second-order valence-corrected chi connectivity index (χ2v) is 4.25. The second-order valence-electron chi connectivity index (χ2n) is 3.69. The molecule has 4 heteroatoms. The largest absolute Gasteiger partial charge is 0.317 e. The summed E-state index contributed by atoms with van der Waals surface area (Å²) >= 11 is 3.39. The molecule has 66 valence electrons. The Bertz CT molecular complexity index is 301. The monoisotopic (exact) mass is 229 g/mol. The van der Waals surface area contributed by atoms with Gasteiger partial charge in [0.05, 0.1) is 5.33 Å². The first-order valence-corrected chi connectivity index (χ1v) is 5.24. The Kier molecular flexibility index (Phi) is 1.75. The normalized spacial score (nSPS) is 19.6. The zero-order chi connectivity index (χ0) is 8.77. The van der Waals surface area contributed by atoms with Crippen molar-refractivity contribution in [2.45, 2.75) is 30.5 Å². The second kappa shape index (κ2) is 2.55. The summed E-state index contributed by atoms with van der Waals surface area (Å²) in [5.41, 5.74) is 0.322. The lowest BCUT2D eigenvalue weighted by atomic mass is 10.1. The van der Waals surface area contributed by atoms with E-state index in [0.29, 0.717) is 5.41 Å². The maximum atomic E-state index is 4.20. The van der Waals surface area contributed by atoms with Crippen molar-refractivity contribution in [3.63, 3.8) is 0 Å². The van der Waals surface area contributed by atoms with Gasteiger partial charge in [0.1, 0.15) is 11.6 Å². The molecule has 0 radical (unpaired) electrons. The summed E-state index contributed by atoms with van der Waals surface area (Å²) in [6, 6.07) is 0. The first kappa shape index (κ1) is 8.23. The molecule has 0 aromatic carbocycles. The van der Waals surface area contributed by atoms with Crippen LogP contribution in [-0.2, 0) is 17.8 Å². The minimum Gasteiger partial charge on any atom is -0.317 e. The molecule has 1 aliphatic rings. The summed E-state index contributed by atoms with van der Waals surface area (Å²) in [6.45, 7) is 2.25. The van der Waals surface area contributed by atoms with E-state index in [1.54, 1.807) is 0 Å². The van der Waals surface area contributed by atoms with Gasteiger partial charge < -0.3 is 4.57 Å². The van der Waals surface area contributed by atoms with E-state index >= 15 is 0 Å². The number of aromatic nitrogens is 3. The highest BCUT2D eigenvalue weighted by Crippen LogP contribution is 2.46. The van der Waals surface area contributed by atoms with Gasteiger partial charge in [0.15, 0.2) is 0 Å². The first-order chi connectivity index (χ1) is 5.67. The van der Waals surface area contributed by atoms with Gasteiger partial charge in [0.25, 0.3) is 0 Å². The van der Waals surface area contributed by atoms with Crippen molar-refractivity contribution < 1.29 is 0 Å². The Morgan fingerprint density at radius 3 is 2.58 bits per heavy atom. The molecule has 1 aliphatic carbocycles. The summed E-state index contributed by atoms with van der Waals surface area (Å²) in [6.07, 6.45) is 2.50. The van der Waals surface area contributed by atoms with Gasteiger partial charge in [0.2, 0.25) is 0 Å². The molecule has 0 saturated heterocycles. The van der Waals surface area contributed by atoms with E-state index in [-0.39, 0.29) is 0 Å². The van der Waals surface area contributed by atoms with Crippen LogP contribution in [0.4, 0.5) is 0 Å². The van der Waals surface area contributed by atoms with E-state index in [0.717, 1.165) is 17.0 Å². The lowest BCUT2D eigenvalue weighted by Gasteiger charge is -2.06. The molecule has 1 saturated carbocycles. The molecule has 0 unspecified atom stereocenters. The summed E-state index contributed by atoms with van der Waals surface area (Å²) in [4.78, 5) is 0. The topological polar surface area (TPSA) is 30.7 Å². The third-order valence-electron chi connectivity index (χ3n) is 2.62. The smallest absolute Gasteiger partial charge is 0.143 e. The van der Waals surface area contributed by atoms with Crippen LogP contribution in [0.25, 0.3) is 0 Å². The minimum absolute atomic E-state index is 0.322. The van der Waals surface area contributed by atoms with Crippen LogP contribution < -0.4 is 0 Å². The number of hydrogen-bond donors (Lipinski definition) is 0. The molecule has 0 aliphatic heterocycles. The van der Waals surface area contributed by atoms with Crippen molar-refractivity contribution in [1.82, 2.24) is 14.8 Å². The number of hydrogen-bond acceptors (Lipinski definition) is 2. The molecule has 1 aromatic heterocycles. The first-order valence-electron chi connectivity index (χ1n) is 4.12. The van der Waals surface area contributed by atoms with Gasteiger partial charge in [-0.2, -0.15) is 0 Å². The number of alkyl halides is 1. The van der Waals surface area contributed by atoms with Crippen LogP contribution in [0.15, 0.2) is 0 Å². The van der Waals surface area contributed by atoms with Crippen LogP contribution in [0.5, 0.6) is 0 Å². The SMILES string of the molecule is Cn1c(CBr)nnc1C1(C)CC1. The molecular formula is C8H12BrN3. The zero-order valence-corrected chi connectivity index (χ0v) is 8.93. The third kappa shape index (κ3) is 1.09. The molecule has 2 rings (SSSR count). The predicted molar refractivity (Wildman–Crippen MR) is 50.2 cm³/mol. The van der Waals surface area contributed by atoms with E-state index < -0.39 is 0 Å². The predicted octanol–water partition coefficient (Wildman–Crippen LogP) is 1.76. The van der Waals surface area contributed by atoms with Crippen LogP contribution in [-0.4, -0.2) is 14.8 Å². The van der Waals surface area contributed by atoms with E-state index in [1.807, 2.05) is 7.05 Å². The maximum Gasteiger partial charge on any atom is 0.143 e. The quantitative estimate of drug-likeness (QED) is 0.725. The van der Waals surface area contributed by atoms with Crippen LogP contribution in [0.3, 0.4) is 0 Å². The fourth-order valence-corrected chi connectivity index (χ4v) is 1.90. The van der Waals surface area contributed by atoms with E-state index in [2.05, 4.69) is 37.6 Å². The Labute approximate surface area is 80.3 Å². The number of nitrogens with zero attached hydrogens (tertiary/aromatic N) is 3. The molecule has 0 spiro atoms. The van der Waals surface area contributed by atoms with Crippen molar-refractivity contribution in [1.29, 1.82) is 0 Å². The van der Waals surface area contributed by atoms with Gasteiger partial charge in [0, 0.05) is 12.5 Å². The Morgan fingerprint density at radius 1 is 1.50 bits per heavy atom. The van der Waals surface area contributed by atoms with Gasteiger partial charge in [-0.1, -0.05) is 22.9 Å².